The predicted molar refractivity (Wildman–Crippen MR) is 85.5 cm³/mol. The maximum atomic E-state index is 12.4. The number of carbonyl (C=O) groups is 1. The number of allylic oxidation sites excluding steroid dienone is 2. The summed E-state index contributed by atoms with van der Waals surface area (Å²) in [6.45, 7) is 4.51. The first-order valence-electron chi connectivity index (χ1n) is 8.45. The summed E-state index contributed by atoms with van der Waals surface area (Å²) in [5.41, 5.74) is 4.36. The van der Waals surface area contributed by atoms with E-state index >= 15 is 0 Å². The first kappa shape index (κ1) is 13.3. The zero-order valence-corrected chi connectivity index (χ0v) is 13.1. The Morgan fingerprint density at radius 3 is 2.86 bits per heavy atom. The molecule has 110 valence electrons. The van der Waals surface area contributed by atoms with E-state index in [1.54, 1.807) is 0 Å². The Hall–Kier alpha value is -1.37. The Morgan fingerprint density at radius 2 is 2.19 bits per heavy atom. The van der Waals surface area contributed by atoms with Crippen molar-refractivity contribution in [2.45, 2.75) is 57.3 Å². The van der Waals surface area contributed by atoms with Crippen LogP contribution in [0.4, 0.5) is 0 Å². The SMILES string of the molecule is CCC(C)c1ccc2c(c1)CC(=O)CC21CC2C=CC1C2. The molecule has 3 aliphatic rings. The smallest absolute Gasteiger partial charge is 0.138 e. The number of rotatable bonds is 2. The first-order valence-corrected chi connectivity index (χ1v) is 8.45. The van der Waals surface area contributed by atoms with Crippen LogP contribution in [-0.2, 0) is 16.6 Å². The second-order valence-corrected chi connectivity index (χ2v) is 7.47. The molecule has 1 aromatic carbocycles. The van der Waals surface area contributed by atoms with E-state index in [4.69, 9.17) is 0 Å². The molecule has 0 N–H and O–H groups in total. The molecule has 0 saturated heterocycles. The van der Waals surface area contributed by atoms with Crippen LogP contribution >= 0.6 is 0 Å². The van der Waals surface area contributed by atoms with E-state index in [0.717, 1.165) is 12.8 Å². The van der Waals surface area contributed by atoms with Crippen LogP contribution in [0.1, 0.15) is 62.1 Å². The van der Waals surface area contributed by atoms with Gasteiger partial charge in [-0.3, -0.25) is 4.79 Å². The van der Waals surface area contributed by atoms with Crippen LogP contribution in [-0.4, -0.2) is 5.78 Å². The van der Waals surface area contributed by atoms with Crippen molar-refractivity contribution in [3.05, 3.63) is 47.0 Å². The maximum absolute atomic E-state index is 12.4. The molecular formula is C20H24O. The topological polar surface area (TPSA) is 17.1 Å². The van der Waals surface area contributed by atoms with Crippen LogP contribution in [0.2, 0.25) is 0 Å². The van der Waals surface area contributed by atoms with Crippen molar-refractivity contribution < 1.29 is 4.79 Å². The van der Waals surface area contributed by atoms with Gasteiger partial charge in [-0.15, -0.1) is 0 Å². The van der Waals surface area contributed by atoms with E-state index in [0.29, 0.717) is 30.0 Å². The molecule has 0 radical (unpaired) electrons. The average Bonchev–Trinajstić information content (AvgIpc) is 3.06. The van der Waals surface area contributed by atoms with Crippen LogP contribution in [0.3, 0.4) is 0 Å². The van der Waals surface area contributed by atoms with Crippen molar-refractivity contribution in [2.24, 2.45) is 11.8 Å². The quantitative estimate of drug-likeness (QED) is 0.726. The molecule has 0 heterocycles. The van der Waals surface area contributed by atoms with Gasteiger partial charge in [0, 0.05) is 18.3 Å². The Bertz CT molecular complexity index is 627. The highest BCUT2D eigenvalue weighted by atomic mass is 16.1. The summed E-state index contributed by atoms with van der Waals surface area (Å²) >= 11 is 0. The van der Waals surface area contributed by atoms with Crippen molar-refractivity contribution in [2.75, 3.05) is 0 Å². The van der Waals surface area contributed by atoms with E-state index in [2.05, 4.69) is 44.2 Å². The molecule has 1 spiro atoms. The Labute approximate surface area is 127 Å². The molecule has 1 nitrogen and oxygen atoms in total. The lowest BCUT2D eigenvalue weighted by Gasteiger charge is -2.40. The van der Waals surface area contributed by atoms with Gasteiger partial charge in [-0.05, 0) is 53.7 Å². The van der Waals surface area contributed by atoms with Crippen LogP contribution < -0.4 is 0 Å². The lowest BCUT2D eigenvalue weighted by atomic mass is 9.62. The molecule has 1 aromatic rings. The zero-order chi connectivity index (χ0) is 14.6. The second-order valence-electron chi connectivity index (χ2n) is 7.47. The third kappa shape index (κ3) is 1.86. The highest BCUT2D eigenvalue weighted by Crippen LogP contribution is 2.57. The lowest BCUT2D eigenvalue weighted by molar-refractivity contribution is -0.120. The summed E-state index contributed by atoms with van der Waals surface area (Å²) in [6.07, 6.45) is 9.80. The number of carbonyl (C=O) groups excluding carboxylic acids is 1. The number of hydrogen-bond acceptors (Lipinski definition) is 1. The number of benzene rings is 1. The Kier molecular flexibility index (Phi) is 2.89. The highest BCUT2D eigenvalue weighted by Gasteiger charge is 2.52. The minimum absolute atomic E-state index is 0.137. The molecule has 21 heavy (non-hydrogen) atoms. The van der Waals surface area contributed by atoms with E-state index in [9.17, 15) is 4.79 Å². The normalized spacial score (nSPS) is 34.5. The fourth-order valence-corrected chi connectivity index (χ4v) is 4.98. The van der Waals surface area contributed by atoms with Crippen molar-refractivity contribution >= 4 is 5.78 Å². The molecule has 0 amide bonds. The van der Waals surface area contributed by atoms with Crippen molar-refractivity contribution in [3.63, 3.8) is 0 Å². The van der Waals surface area contributed by atoms with Crippen LogP contribution in [0.15, 0.2) is 30.4 Å². The van der Waals surface area contributed by atoms with Crippen molar-refractivity contribution in [3.8, 4) is 0 Å². The summed E-state index contributed by atoms with van der Waals surface area (Å²) in [7, 11) is 0. The summed E-state index contributed by atoms with van der Waals surface area (Å²) in [6, 6.07) is 7.01. The number of Topliss-reactive ketones (excluding diaryl/α,β-unsaturated/α-hetero) is 1. The van der Waals surface area contributed by atoms with Gasteiger partial charge in [0.1, 0.15) is 5.78 Å². The van der Waals surface area contributed by atoms with Gasteiger partial charge in [-0.1, -0.05) is 44.2 Å². The number of ketones is 1. The minimum Gasteiger partial charge on any atom is -0.299 e. The van der Waals surface area contributed by atoms with Crippen LogP contribution in [0, 0.1) is 11.8 Å². The molecule has 1 saturated carbocycles. The fraction of sp³-hybridized carbons (Fsp3) is 0.550. The zero-order valence-electron chi connectivity index (χ0n) is 13.1. The monoisotopic (exact) mass is 280 g/mol. The number of hydrogen-bond donors (Lipinski definition) is 0. The fourth-order valence-electron chi connectivity index (χ4n) is 4.98. The minimum atomic E-state index is 0.137. The molecule has 0 aromatic heterocycles. The molecule has 1 heteroatoms. The third-order valence-electron chi connectivity index (χ3n) is 6.26. The van der Waals surface area contributed by atoms with Gasteiger partial charge in [-0.2, -0.15) is 0 Å². The van der Waals surface area contributed by atoms with Gasteiger partial charge in [0.25, 0.3) is 0 Å². The van der Waals surface area contributed by atoms with Crippen molar-refractivity contribution in [1.29, 1.82) is 0 Å². The highest BCUT2D eigenvalue weighted by molar-refractivity contribution is 5.85. The van der Waals surface area contributed by atoms with Gasteiger partial charge < -0.3 is 0 Å². The Morgan fingerprint density at radius 1 is 1.33 bits per heavy atom. The molecule has 1 fully saturated rings. The molecule has 4 rings (SSSR count). The van der Waals surface area contributed by atoms with Gasteiger partial charge in [0.05, 0.1) is 0 Å². The third-order valence-corrected chi connectivity index (χ3v) is 6.26. The number of fused-ring (bicyclic) bond motifs is 5. The summed E-state index contributed by atoms with van der Waals surface area (Å²) in [4.78, 5) is 12.4. The molecule has 4 unspecified atom stereocenters. The van der Waals surface area contributed by atoms with Gasteiger partial charge in [-0.25, -0.2) is 0 Å². The van der Waals surface area contributed by atoms with Crippen LogP contribution in [0.5, 0.6) is 0 Å². The van der Waals surface area contributed by atoms with Gasteiger partial charge in [0.15, 0.2) is 0 Å². The molecule has 4 atom stereocenters. The van der Waals surface area contributed by atoms with Gasteiger partial charge >= 0.3 is 0 Å². The average molecular weight is 280 g/mol. The molecule has 2 bridgehead atoms. The van der Waals surface area contributed by atoms with Crippen molar-refractivity contribution in [1.82, 2.24) is 0 Å². The van der Waals surface area contributed by atoms with Crippen LogP contribution in [0.25, 0.3) is 0 Å². The molecule has 0 aliphatic heterocycles. The summed E-state index contributed by atoms with van der Waals surface area (Å²) in [5.74, 6) is 2.34. The second kappa shape index (κ2) is 4.56. The summed E-state index contributed by atoms with van der Waals surface area (Å²) in [5, 5.41) is 0. The van der Waals surface area contributed by atoms with E-state index in [1.807, 2.05) is 0 Å². The van der Waals surface area contributed by atoms with E-state index in [-0.39, 0.29) is 5.41 Å². The molecule has 3 aliphatic carbocycles. The maximum Gasteiger partial charge on any atom is 0.138 e. The molecular weight excluding hydrogens is 256 g/mol. The van der Waals surface area contributed by atoms with Gasteiger partial charge in [0.2, 0.25) is 0 Å². The first-order chi connectivity index (χ1) is 10.1. The predicted octanol–water partition coefficient (Wildman–Crippen LogP) is 4.55. The standard InChI is InChI=1S/C20H24O/c1-3-13(2)15-5-7-19-16(9-15)10-18(21)12-20(19)11-14-4-6-17(20)8-14/h4-7,9,13-14,17H,3,8,10-12H2,1-2H3. The lowest BCUT2D eigenvalue weighted by Crippen LogP contribution is -2.38. The Balaban J connectivity index is 1.81. The largest absolute Gasteiger partial charge is 0.299 e. The van der Waals surface area contributed by atoms with E-state index in [1.165, 1.54) is 29.5 Å². The summed E-state index contributed by atoms with van der Waals surface area (Å²) < 4.78 is 0. The van der Waals surface area contributed by atoms with E-state index < -0.39 is 0 Å².